The molecule has 1 aromatic carbocycles. The summed E-state index contributed by atoms with van der Waals surface area (Å²) in [4.78, 5) is 3.42. The van der Waals surface area contributed by atoms with Gasteiger partial charge in [-0.15, -0.1) is 11.8 Å². The monoisotopic (exact) mass is 298 g/mol. The van der Waals surface area contributed by atoms with Crippen molar-refractivity contribution in [2.75, 3.05) is 41.1 Å². The summed E-state index contributed by atoms with van der Waals surface area (Å²) in [6, 6.07) is 4.60. The van der Waals surface area contributed by atoms with Crippen LogP contribution in [0.3, 0.4) is 0 Å². The largest absolute Gasteiger partial charge is 0.493 e. The van der Waals surface area contributed by atoms with Crippen LogP contribution in [0.5, 0.6) is 11.5 Å². The van der Waals surface area contributed by atoms with E-state index in [4.69, 9.17) is 9.47 Å². The fourth-order valence-corrected chi connectivity index (χ4v) is 2.45. The van der Waals surface area contributed by atoms with Crippen LogP contribution in [0.4, 0.5) is 0 Å². The minimum absolute atomic E-state index is 0.507. The first-order chi connectivity index (χ1) is 9.53. The van der Waals surface area contributed by atoms with Gasteiger partial charge in [-0.05, 0) is 45.0 Å². The third-order valence-electron chi connectivity index (χ3n) is 3.42. The summed E-state index contributed by atoms with van der Waals surface area (Å²) in [7, 11) is 7.52. The molecule has 20 heavy (non-hydrogen) atoms. The fourth-order valence-electron chi connectivity index (χ4n) is 1.83. The van der Waals surface area contributed by atoms with Crippen molar-refractivity contribution in [2.24, 2.45) is 0 Å². The molecule has 0 aliphatic rings. The SMILES string of the molecule is COc1cc(CNCC(C)N(C)C)c(SC)cc1OC. The van der Waals surface area contributed by atoms with Crippen molar-refractivity contribution in [3.8, 4) is 11.5 Å². The van der Waals surface area contributed by atoms with E-state index in [0.717, 1.165) is 24.6 Å². The highest BCUT2D eigenvalue weighted by Crippen LogP contribution is 2.34. The molecule has 0 spiro atoms. The average molecular weight is 298 g/mol. The Labute approximate surface area is 126 Å². The first-order valence-electron chi connectivity index (χ1n) is 6.69. The van der Waals surface area contributed by atoms with Crippen LogP contribution in [-0.2, 0) is 6.54 Å². The van der Waals surface area contributed by atoms with Crippen LogP contribution in [0.25, 0.3) is 0 Å². The Bertz CT molecular complexity index is 425. The van der Waals surface area contributed by atoms with Gasteiger partial charge in [-0.25, -0.2) is 0 Å². The highest BCUT2D eigenvalue weighted by Gasteiger charge is 2.11. The maximum Gasteiger partial charge on any atom is 0.161 e. The van der Waals surface area contributed by atoms with E-state index in [1.807, 2.05) is 6.07 Å². The Morgan fingerprint density at radius 3 is 2.30 bits per heavy atom. The standard InChI is InChI=1S/C15H26N2O2S/c1-11(17(2)3)9-16-10-12-7-13(18-4)14(19-5)8-15(12)20-6/h7-8,11,16H,9-10H2,1-6H3. The van der Waals surface area contributed by atoms with E-state index in [1.54, 1.807) is 26.0 Å². The molecule has 0 aliphatic carbocycles. The van der Waals surface area contributed by atoms with Gasteiger partial charge < -0.3 is 19.7 Å². The summed E-state index contributed by atoms with van der Waals surface area (Å²) in [5.41, 5.74) is 1.24. The van der Waals surface area contributed by atoms with Gasteiger partial charge in [0.25, 0.3) is 0 Å². The molecule has 0 radical (unpaired) electrons. The van der Waals surface area contributed by atoms with Crippen LogP contribution in [0, 0.1) is 0 Å². The summed E-state index contributed by atoms with van der Waals surface area (Å²) < 4.78 is 10.7. The van der Waals surface area contributed by atoms with E-state index in [1.165, 1.54) is 10.5 Å². The number of thioether (sulfide) groups is 1. The second kappa shape index (κ2) is 8.39. The van der Waals surface area contributed by atoms with E-state index in [2.05, 4.69) is 43.6 Å². The lowest BCUT2D eigenvalue weighted by atomic mass is 10.2. The lowest BCUT2D eigenvalue weighted by molar-refractivity contribution is 0.302. The maximum atomic E-state index is 5.37. The van der Waals surface area contributed by atoms with Gasteiger partial charge in [0, 0.05) is 24.0 Å². The van der Waals surface area contributed by atoms with Gasteiger partial charge in [0.15, 0.2) is 11.5 Å². The van der Waals surface area contributed by atoms with Crippen molar-refractivity contribution in [3.63, 3.8) is 0 Å². The van der Waals surface area contributed by atoms with Gasteiger partial charge in [0.2, 0.25) is 0 Å². The molecule has 1 atom stereocenters. The molecule has 0 saturated heterocycles. The van der Waals surface area contributed by atoms with Crippen LogP contribution in [0.1, 0.15) is 12.5 Å². The predicted octanol–water partition coefficient (Wildman–Crippen LogP) is 2.47. The molecule has 0 saturated carbocycles. The molecule has 0 heterocycles. The summed E-state index contributed by atoms with van der Waals surface area (Å²) in [6.07, 6.45) is 2.08. The highest BCUT2D eigenvalue weighted by atomic mass is 32.2. The molecule has 1 aromatic rings. The summed E-state index contributed by atoms with van der Waals surface area (Å²) >= 11 is 1.72. The number of likely N-dealkylation sites (N-methyl/N-ethyl adjacent to an activating group) is 1. The zero-order valence-electron chi connectivity index (χ0n) is 13.3. The number of nitrogens with zero attached hydrogens (tertiary/aromatic N) is 1. The number of nitrogens with one attached hydrogen (secondary N) is 1. The van der Waals surface area contributed by atoms with Crippen LogP contribution < -0.4 is 14.8 Å². The Hall–Kier alpha value is -0.910. The molecule has 0 aliphatic heterocycles. The number of ether oxygens (including phenoxy) is 2. The van der Waals surface area contributed by atoms with Crippen molar-refractivity contribution >= 4 is 11.8 Å². The Kier molecular flexibility index (Phi) is 7.19. The number of rotatable bonds is 8. The lowest BCUT2D eigenvalue weighted by Crippen LogP contribution is -2.35. The Morgan fingerprint density at radius 2 is 1.80 bits per heavy atom. The molecule has 5 heteroatoms. The van der Waals surface area contributed by atoms with Gasteiger partial charge in [-0.2, -0.15) is 0 Å². The third kappa shape index (κ3) is 4.58. The maximum absolute atomic E-state index is 5.37. The lowest BCUT2D eigenvalue weighted by Gasteiger charge is -2.21. The van der Waals surface area contributed by atoms with E-state index in [-0.39, 0.29) is 0 Å². The normalized spacial score (nSPS) is 12.6. The topological polar surface area (TPSA) is 33.7 Å². The van der Waals surface area contributed by atoms with Gasteiger partial charge in [-0.3, -0.25) is 0 Å². The number of methoxy groups -OCH3 is 2. The molecule has 1 N–H and O–H groups in total. The van der Waals surface area contributed by atoms with Gasteiger partial charge in [0.05, 0.1) is 14.2 Å². The first kappa shape index (κ1) is 17.1. The van der Waals surface area contributed by atoms with Crippen LogP contribution in [-0.4, -0.2) is 52.1 Å². The minimum atomic E-state index is 0.507. The van der Waals surface area contributed by atoms with E-state index in [0.29, 0.717) is 6.04 Å². The van der Waals surface area contributed by atoms with E-state index >= 15 is 0 Å². The van der Waals surface area contributed by atoms with Crippen molar-refractivity contribution in [1.82, 2.24) is 10.2 Å². The smallest absolute Gasteiger partial charge is 0.161 e. The molecule has 0 amide bonds. The summed E-state index contributed by atoms with van der Waals surface area (Å²) in [5, 5.41) is 3.49. The average Bonchev–Trinajstić information content (AvgIpc) is 2.46. The van der Waals surface area contributed by atoms with Crippen LogP contribution in [0.15, 0.2) is 17.0 Å². The molecule has 4 nitrogen and oxygen atoms in total. The predicted molar refractivity (Wildman–Crippen MR) is 86.2 cm³/mol. The zero-order valence-corrected chi connectivity index (χ0v) is 14.1. The van der Waals surface area contributed by atoms with Gasteiger partial charge >= 0.3 is 0 Å². The van der Waals surface area contributed by atoms with Crippen LogP contribution in [0.2, 0.25) is 0 Å². The zero-order chi connectivity index (χ0) is 15.1. The molecular weight excluding hydrogens is 272 g/mol. The highest BCUT2D eigenvalue weighted by molar-refractivity contribution is 7.98. The van der Waals surface area contributed by atoms with Gasteiger partial charge in [-0.1, -0.05) is 0 Å². The van der Waals surface area contributed by atoms with Crippen molar-refractivity contribution in [3.05, 3.63) is 17.7 Å². The summed E-state index contributed by atoms with van der Waals surface area (Å²) in [6.45, 7) is 3.99. The molecule has 1 rings (SSSR count). The second-order valence-electron chi connectivity index (χ2n) is 4.96. The number of hydrogen-bond acceptors (Lipinski definition) is 5. The molecule has 0 aromatic heterocycles. The summed E-state index contributed by atoms with van der Waals surface area (Å²) in [5.74, 6) is 1.56. The van der Waals surface area contributed by atoms with E-state index < -0.39 is 0 Å². The molecular formula is C15H26N2O2S. The van der Waals surface area contributed by atoms with E-state index in [9.17, 15) is 0 Å². The van der Waals surface area contributed by atoms with Crippen molar-refractivity contribution < 1.29 is 9.47 Å². The first-order valence-corrected chi connectivity index (χ1v) is 7.92. The molecule has 0 fully saturated rings. The van der Waals surface area contributed by atoms with Gasteiger partial charge in [0.1, 0.15) is 0 Å². The molecule has 1 unspecified atom stereocenters. The van der Waals surface area contributed by atoms with Crippen molar-refractivity contribution in [2.45, 2.75) is 24.4 Å². The Balaban J connectivity index is 2.78. The third-order valence-corrected chi connectivity index (χ3v) is 4.24. The second-order valence-corrected chi connectivity index (χ2v) is 5.81. The number of benzene rings is 1. The fraction of sp³-hybridized carbons (Fsp3) is 0.600. The number of hydrogen-bond donors (Lipinski definition) is 1. The van der Waals surface area contributed by atoms with Crippen LogP contribution >= 0.6 is 11.8 Å². The molecule has 0 bridgehead atoms. The Morgan fingerprint density at radius 1 is 1.20 bits per heavy atom. The minimum Gasteiger partial charge on any atom is -0.493 e. The van der Waals surface area contributed by atoms with Crippen molar-refractivity contribution in [1.29, 1.82) is 0 Å². The molecule has 114 valence electrons. The quantitative estimate of drug-likeness (QED) is 0.746.